The summed E-state index contributed by atoms with van der Waals surface area (Å²) in [5, 5.41) is 9.54. The average molecular weight is 450 g/mol. The number of aliphatic hydroxyl groups is 1. The number of aryl methyl sites for hydroxylation is 1. The molecule has 2 rings (SSSR count). The highest BCUT2D eigenvalue weighted by Crippen LogP contribution is 2.38. The molecule has 0 bridgehead atoms. The van der Waals surface area contributed by atoms with Crippen molar-refractivity contribution in [2.45, 2.75) is 79.8 Å². The molecule has 3 heteroatoms. The van der Waals surface area contributed by atoms with Crippen LogP contribution in [0.2, 0.25) is 0 Å². The van der Waals surface area contributed by atoms with E-state index in [1.807, 2.05) is 0 Å². The largest absolute Gasteiger partial charge is 0.513 e. The van der Waals surface area contributed by atoms with Crippen molar-refractivity contribution in [1.82, 2.24) is 4.98 Å². The van der Waals surface area contributed by atoms with E-state index in [2.05, 4.69) is 91.5 Å². The van der Waals surface area contributed by atoms with Crippen molar-refractivity contribution < 1.29 is 9.84 Å². The van der Waals surface area contributed by atoms with Crippen LogP contribution in [0, 0.1) is 18.8 Å². The lowest BCUT2D eigenvalue weighted by Crippen LogP contribution is -2.11. The van der Waals surface area contributed by atoms with Crippen LogP contribution in [-0.2, 0) is 11.3 Å². The average Bonchev–Trinajstić information content (AvgIpc) is 2.72. The van der Waals surface area contributed by atoms with Crippen LogP contribution in [0.4, 0.5) is 0 Å². The summed E-state index contributed by atoms with van der Waals surface area (Å²) in [6.45, 7) is 19.6. The molecule has 1 aromatic heterocycles. The summed E-state index contributed by atoms with van der Waals surface area (Å²) in [6.07, 6.45) is 6.21. The number of aromatic nitrogens is 1. The topological polar surface area (TPSA) is 42.4 Å². The third-order valence-electron chi connectivity index (χ3n) is 6.07. The third kappa shape index (κ3) is 7.30. The Bertz CT molecular complexity index is 954. The van der Waals surface area contributed by atoms with Crippen molar-refractivity contribution in [2.75, 3.05) is 7.11 Å². The van der Waals surface area contributed by atoms with Crippen LogP contribution >= 0.6 is 0 Å². The van der Waals surface area contributed by atoms with Gasteiger partial charge in [-0.3, -0.25) is 4.98 Å². The second-order valence-electron chi connectivity index (χ2n) is 10.2. The smallest absolute Gasteiger partial charge is 0.0853 e. The van der Waals surface area contributed by atoms with Gasteiger partial charge in [0.1, 0.15) is 0 Å². The molecule has 0 fully saturated rings. The molecular weight excluding hydrogens is 406 g/mol. The van der Waals surface area contributed by atoms with E-state index in [1.54, 1.807) is 7.11 Å². The van der Waals surface area contributed by atoms with Gasteiger partial charge in [-0.25, -0.2) is 0 Å². The van der Waals surface area contributed by atoms with Crippen LogP contribution in [0.25, 0.3) is 17.2 Å². The fourth-order valence-corrected chi connectivity index (χ4v) is 4.56. The fraction of sp³-hybridized carbons (Fsp3) is 0.500. The highest BCUT2D eigenvalue weighted by atomic mass is 16.5. The number of rotatable bonds is 11. The Balaban J connectivity index is 2.69. The molecule has 33 heavy (non-hydrogen) atoms. The first-order chi connectivity index (χ1) is 15.5. The van der Waals surface area contributed by atoms with E-state index in [0.29, 0.717) is 36.7 Å². The van der Waals surface area contributed by atoms with Gasteiger partial charge in [0.2, 0.25) is 0 Å². The van der Waals surface area contributed by atoms with Gasteiger partial charge in [0.25, 0.3) is 0 Å². The van der Waals surface area contributed by atoms with Crippen LogP contribution < -0.4 is 0 Å². The highest BCUT2D eigenvalue weighted by molar-refractivity contribution is 5.80. The zero-order valence-electron chi connectivity index (χ0n) is 21.9. The maximum absolute atomic E-state index is 9.54. The van der Waals surface area contributed by atoms with E-state index < -0.39 is 0 Å². The molecule has 2 aromatic rings. The second-order valence-corrected chi connectivity index (χ2v) is 10.2. The number of methoxy groups -OCH3 is 1. The lowest BCUT2D eigenvalue weighted by Gasteiger charge is -2.24. The molecule has 0 spiro atoms. The van der Waals surface area contributed by atoms with E-state index in [1.165, 1.54) is 27.8 Å². The normalized spacial score (nSPS) is 13.8. The van der Waals surface area contributed by atoms with Gasteiger partial charge < -0.3 is 9.84 Å². The van der Waals surface area contributed by atoms with Gasteiger partial charge in [-0.05, 0) is 48.1 Å². The molecule has 1 N–H and O–H groups in total. The molecule has 1 heterocycles. The second kappa shape index (κ2) is 12.2. The van der Waals surface area contributed by atoms with Crippen molar-refractivity contribution in [1.29, 1.82) is 0 Å². The maximum atomic E-state index is 9.54. The van der Waals surface area contributed by atoms with Crippen LogP contribution in [-0.4, -0.2) is 17.2 Å². The standard InChI is InChI=1S/C30H43NO2/c1-19(2)29-26(15-12-22(6)16-23(7)17-24(8)32)28(25-13-10-21(5)11-14-25)27(18-33-9)30(31-29)20(3)4/h10-15,19-20,22-23,32H,8,16-18H2,1-7,9H3/b15-12+/t22-,23?/m1/s1. The lowest BCUT2D eigenvalue weighted by atomic mass is 9.86. The molecule has 0 aliphatic heterocycles. The van der Waals surface area contributed by atoms with Crippen LogP contribution in [0.3, 0.4) is 0 Å². The molecule has 0 aliphatic carbocycles. The Labute approximate surface area is 201 Å². The van der Waals surface area contributed by atoms with Crippen molar-refractivity contribution in [3.8, 4) is 11.1 Å². The number of benzene rings is 1. The summed E-state index contributed by atoms with van der Waals surface area (Å²) in [6, 6.07) is 8.79. The number of aliphatic hydroxyl groups excluding tert-OH is 1. The van der Waals surface area contributed by atoms with Gasteiger partial charge in [-0.2, -0.15) is 0 Å². The minimum Gasteiger partial charge on any atom is -0.513 e. The summed E-state index contributed by atoms with van der Waals surface area (Å²) in [5.41, 5.74) is 8.31. The van der Waals surface area contributed by atoms with Crippen molar-refractivity contribution in [3.05, 3.63) is 70.8 Å². The molecular formula is C30H43NO2. The van der Waals surface area contributed by atoms with Gasteiger partial charge in [0.05, 0.1) is 18.1 Å². The predicted octanol–water partition coefficient (Wildman–Crippen LogP) is 8.59. The number of hydrogen-bond donors (Lipinski definition) is 1. The maximum Gasteiger partial charge on any atom is 0.0853 e. The summed E-state index contributed by atoms with van der Waals surface area (Å²) >= 11 is 0. The third-order valence-corrected chi connectivity index (χ3v) is 6.07. The first-order valence-electron chi connectivity index (χ1n) is 12.2. The monoisotopic (exact) mass is 449 g/mol. The fourth-order valence-electron chi connectivity index (χ4n) is 4.56. The Morgan fingerprint density at radius 3 is 2.15 bits per heavy atom. The van der Waals surface area contributed by atoms with Gasteiger partial charge in [0, 0.05) is 30.4 Å². The number of ether oxygens (including phenoxy) is 1. The summed E-state index contributed by atoms with van der Waals surface area (Å²) in [5.74, 6) is 1.63. The molecule has 1 unspecified atom stereocenters. The quantitative estimate of drug-likeness (QED) is 0.349. The van der Waals surface area contributed by atoms with E-state index in [4.69, 9.17) is 9.72 Å². The van der Waals surface area contributed by atoms with E-state index in [-0.39, 0.29) is 5.76 Å². The Kier molecular flexibility index (Phi) is 9.91. The summed E-state index contributed by atoms with van der Waals surface area (Å²) in [7, 11) is 1.76. The molecule has 0 saturated heterocycles. The molecule has 3 nitrogen and oxygen atoms in total. The lowest BCUT2D eigenvalue weighted by molar-refractivity contribution is 0.184. The van der Waals surface area contributed by atoms with Crippen molar-refractivity contribution in [3.63, 3.8) is 0 Å². The Hall–Kier alpha value is -2.39. The van der Waals surface area contributed by atoms with Crippen molar-refractivity contribution >= 4 is 6.08 Å². The summed E-state index contributed by atoms with van der Waals surface area (Å²) in [4.78, 5) is 5.20. The molecule has 0 radical (unpaired) electrons. The first kappa shape index (κ1) is 26.9. The van der Waals surface area contributed by atoms with Crippen LogP contribution in [0.15, 0.2) is 42.7 Å². The first-order valence-corrected chi connectivity index (χ1v) is 12.2. The molecule has 2 atom stereocenters. The zero-order valence-corrected chi connectivity index (χ0v) is 21.9. The van der Waals surface area contributed by atoms with E-state index in [0.717, 1.165) is 17.8 Å². The summed E-state index contributed by atoms with van der Waals surface area (Å²) < 4.78 is 5.68. The predicted molar refractivity (Wildman–Crippen MR) is 142 cm³/mol. The SMILES string of the molecule is C=C(O)CC(C)C[C@H](C)/C=C/c1c(C(C)C)nc(C(C)C)c(COC)c1-c1ccc(C)cc1. The molecule has 1 aromatic carbocycles. The highest BCUT2D eigenvalue weighted by Gasteiger charge is 2.23. The number of allylic oxidation sites excluding steroid dienone is 2. The molecule has 0 saturated carbocycles. The van der Waals surface area contributed by atoms with Gasteiger partial charge in [0.15, 0.2) is 0 Å². The zero-order chi connectivity index (χ0) is 24.7. The number of nitrogens with zero attached hydrogens (tertiary/aromatic N) is 1. The van der Waals surface area contributed by atoms with E-state index in [9.17, 15) is 5.11 Å². The molecule has 180 valence electrons. The van der Waals surface area contributed by atoms with Crippen LogP contribution in [0.1, 0.15) is 94.3 Å². The Morgan fingerprint density at radius 1 is 1.03 bits per heavy atom. The van der Waals surface area contributed by atoms with Crippen LogP contribution in [0.5, 0.6) is 0 Å². The van der Waals surface area contributed by atoms with Gasteiger partial charge in [-0.15, -0.1) is 0 Å². The molecule has 0 aliphatic rings. The number of pyridine rings is 1. The Morgan fingerprint density at radius 2 is 1.64 bits per heavy atom. The minimum atomic E-state index is 0.264. The van der Waals surface area contributed by atoms with Crippen molar-refractivity contribution in [2.24, 2.45) is 11.8 Å². The van der Waals surface area contributed by atoms with E-state index >= 15 is 0 Å². The van der Waals surface area contributed by atoms with Gasteiger partial charge in [-0.1, -0.05) is 90.1 Å². The minimum absolute atomic E-state index is 0.264. The number of hydrogen-bond acceptors (Lipinski definition) is 3. The molecule has 0 amide bonds. The van der Waals surface area contributed by atoms with Gasteiger partial charge >= 0.3 is 0 Å².